The van der Waals surface area contributed by atoms with Crippen LogP contribution >= 0.6 is 0 Å². The Bertz CT molecular complexity index is 910. The number of ether oxygens (including phenoxy) is 1. The van der Waals surface area contributed by atoms with Crippen LogP contribution in [-0.4, -0.2) is 46.6 Å². The number of rotatable bonds is 4. The molecule has 7 heteroatoms. The molecule has 2 N–H and O–H groups in total. The van der Waals surface area contributed by atoms with E-state index in [1.54, 1.807) is 18.2 Å². The van der Waals surface area contributed by atoms with Crippen molar-refractivity contribution in [2.24, 2.45) is 5.92 Å². The summed E-state index contributed by atoms with van der Waals surface area (Å²) in [4.78, 5) is 34.3. The first-order chi connectivity index (χ1) is 14.0. The van der Waals surface area contributed by atoms with Crippen LogP contribution in [0.3, 0.4) is 0 Å². The van der Waals surface area contributed by atoms with Crippen LogP contribution < -0.4 is 0 Å². The van der Waals surface area contributed by atoms with Crippen LogP contribution in [0.4, 0.5) is 0 Å². The van der Waals surface area contributed by atoms with E-state index in [0.29, 0.717) is 31.2 Å². The van der Waals surface area contributed by atoms with Gasteiger partial charge in [0.2, 0.25) is 0 Å². The highest BCUT2D eigenvalue weighted by atomic mass is 16.5. The lowest BCUT2D eigenvalue weighted by Crippen LogP contribution is -2.29. The maximum Gasteiger partial charge on any atom is 0.335 e. The summed E-state index contributed by atoms with van der Waals surface area (Å²) in [6.45, 7) is 2.29. The first-order valence-electron chi connectivity index (χ1n) is 9.41. The molecule has 2 aromatic rings. The van der Waals surface area contributed by atoms with Gasteiger partial charge in [0.1, 0.15) is 0 Å². The van der Waals surface area contributed by atoms with Crippen LogP contribution in [0.25, 0.3) is 0 Å². The van der Waals surface area contributed by atoms with E-state index in [1.165, 1.54) is 0 Å². The van der Waals surface area contributed by atoms with E-state index in [-0.39, 0.29) is 12.4 Å². The quantitative estimate of drug-likeness (QED) is 0.769. The second-order valence-electron chi connectivity index (χ2n) is 7.16. The van der Waals surface area contributed by atoms with Crippen molar-refractivity contribution < 1.29 is 29.3 Å². The molecule has 7 nitrogen and oxygen atoms in total. The molecule has 0 bridgehead atoms. The number of hydrogen-bond donors (Lipinski definition) is 2. The van der Waals surface area contributed by atoms with Crippen molar-refractivity contribution >= 4 is 18.3 Å². The van der Waals surface area contributed by atoms with Crippen molar-refractivity contribution in [3.8, 4) is 0 Å². The smallest absolute Gasteiger partial charge is 0.335 e. The molecule has 0 aliphatic carbocycles. The van der Waals surface area contributed by atoms with Crippen molar-refractivity contribution in [1.29, 1.82) is 0 Å². The Morgan fingerprint density at radius 2 is 1.93 bits per heavy atom. The van der Waals surface area contributed by atoms with Gasteiger partial charge < -0.3 is 19.8 Å². The van der Waals surface area contributed by atoms with E-state index < -0.39 is 5.97 Å². The number of nitrogens with zero attached hydrogens (tertiary/aromatic N) is 1. The minimum Gasteiger partial charge on any atom is -0.483 e. The molecule has 0 aromatic heterocycles. The van der Waals surface area contributed by atoms with Crippen molar-refractivity contribution in [1.82, 2.24) is 4.90 Å². The molecule has 2 heterocycles. The van der Waals surface area contributed by atoms with Gasteiger partial charge in [-0.25, -0.2) is 4.79 Å². The Morgan fingerprint density at radius 1 is 1.17 bits per heavy atom. The van der Waals surface area contributed by atoms with Crippen LogP contribution in [0.1, 0.15) is 43.8 Å². The lowest BCUT2D eigenvalue weighted by Gasteiger charge is -2.18. The van der Waals surface area contributed by atoms with Crippen molar-refractivity contribution in [3.63, 3.8) is 0 Å². The number of amides is 1. The average molecular weight is 397 g/mol. The Morgan fingerprint density at radius 3 is 2.69 bits per heavy atom. The highest BCUT2D eigenvalue weighted by molar-refractivity contribution is 5.96. The van der Waals surface area contributed by atoms with Gasteiger partial charge in [-0.2, -0.15) is 0 Å². The normalized spacial score (nSPS) is 17.2. The van der Waals surface area contributed by atoms with E-state index in [0.717, 1.165) is 41.6 Å². The van der Waals surface area contributed by atoms with Gasteiger partial charge in [-0.1, -0.05) is 24.3 Å². The lowest BCUT2D eigenvalue weighted by atomic mass is 9.97. The molecule has 4 rings (SSSR count). The largest absolute Gasteiger partial charge is 0.483 e. The third-order valence-corrected chi connectivity index (χ3v) is 5.28. The van der Waals surface area contributed by atoms with Crippen LogP contribution in [0, 0.1) is 5.92 Å². The first-order valence-corrected chi connectivity index (χ1v) is 9.41. The monoisotopic (exact) mass is 397 g/mol. The molecule has 1 saturated heterocycles. The second-order valence-corrected chi connectivity index (χ2v) is 7.16. The van der Waals surface area contributed by atoms with Gasteiger partial charge in [0.15, 0.2) is 0 Å². The number of hydrogen-bond acceptors (Lipinski definition) is 4. The molecule has 2 aliphatic heterocycles. The topological polar surface area (TPSA) is 104 Å². The number of benzene rings is 2. The van der Waals surface area contributed by atoms with E-state index >= 15 is 0 Å². The number of carbonyl (C=O) groups is 3. The number of carbonyl (C=O) groups excluding carboxylic acids is 1. The highest BCUT2D eigenvalue weighted by Crippen LogP contribution is 2.27. The van der Waals surface area contributed by atoms with Crippen LogP contribution in [-0.2, 0) is 29.2 Å². The highest BCUT2D eigenvalue weighted by Gasteiger charge is 2.29. The molecule has 0 radical (unpaired) electrons. The predicted molar refractivity (Wildman–Crippen MR) is 105 cm³/mol. The van der Waals surface area contributed by atoms with Gasteiger partial charge in [-0.15, -0.1) is 0 Å². The van der Waals surface area contributed by atoms with Crippen LogP contribution in [0.2, 0.25) is 0 Å². The minimum atomic E-state index is -0.907. The molecule has 1 atom stereocenters. The molecule has 29 heavy (non-hydrogen) atoms. The third kappa shape index (κ3) is 4.81. The fourth-order valence-electron chi connectivity index (χ4n) is 3.92. The van der Waals surface area contributed by atoms with Crippen molar-refractivity contribution in [2.45, 2.75) is 26.1 Å². The summed E-state index contributed by atoms with van der Waals surface area (Å²) in [6, 6.07) is 12.9. The van der Waals surface area contributed by atoms with Crippen LogP contribution in [0.5, 0.6) is 0 Å². The molecular weight excluding hydrogens is 374 g/mol. The zero-order valence-electron chi connectivity index (χ0n) is 15.9. The maximum absolute atomic E-state index is 12.9. The van der Waals surface area contributed by atoms with Gasteiger partial charge in [-0.3, -0.25) is 9.59 Å². The van der Waals surface area contributed by atoms with Crippen molar-refractivity contribution in [3.05, 3.63) is 70.3 Å². The first kappa shape index (κ1) is 20.5. The number of fused-ring (bicyclic) bond motifs is 1. The fraction of sp³-hybridized carbons (Fsp3) is 0.318. The molecular formula is C22H23NO6. The zero-order valence-corrected chi connectivity index (χ0v) is 15.9. The summed E-state index contributed by atoms with van der Waals surface area (Å²) in [6.07, 6.45) is 1.73. The SMILES string of the molecule is O=C(O)c1cccc(CC2CCN(C(=O)c3cccc4c3COC4)C2)c1.O=CO. The van der Waals surface area contributed by atoms with Gasteiger partial charge in [0, 0.05) is 18.7 Å². The fourth-order valence-corrected chi connectivity index (χ4v) is 3.92. The second kappa shape index (κ2) is 9.34. The molecule has 0 spiro atoms. The maximum atomic E-state index is 12.9. The summed E-state index contributed by atoms with van der Waals surface area (Å²) in [7, 11) is 0. The van der Waals surface area contributed by atoms with Gasteiger partial charge in [0.05, 0.1) is 18.8 Å². The third-order valence-electron chi connectivity index (χ3n) is 5.28. The lowest BCUT2D eigenvalue weighted by molar-refractivity contribution is -0.122. The summed E-state index contributed by atoms with van der Waals surface area (Å²) in [5.41, 5.74) is 4.21. The van der Waals surface area contributed by atoms with E-state index in [4.69, 9.17) is 19.7 Å². The Hall–Kier alpha value is -3.19. The van der Waals surface area contributed by atoms with Crippen molar-refractivity contribution in [2.75, 3.05) is 13.1 Å². The van der Waals surface area contributed by atoms with E-state index in [1.807, 2.05) is 29.2 Å². The average Bonchev–Trinajstić information content (AvgIpc) is 3.37. The predicted octanol–water partition coefficient (Wildman–Crippen LogP) is 2.82. The van der Waals surface area contributed by atoms with Gasteiger partial charge >= 0.3 is 5.97 Å². The summed E-state index contributed by atoms with van der Waals surface area (Å²) < 4.78 is 5.48. The van der Waals surface area contributed by atoms with Gasteiger partial charge in [0.25, 0.3) is 12.4 Å². The molecule has 1 fully saturated rings. The Kier molecular flexibility index (Phi) is 6.61. The zero-order chi connectivity index (χ0) is 20.8. The summed E-state index contributed by atoms with van der Waals surface area (Å²) in [5, 5.41) is 16.0. The molecule has 152 valence electrons. The number of likely N-dealkylation sites (tertiary alicyclic amines) is 1. The molecule has 1 unspecified atom stereocenters. The van der Waals surface area contributed by atoms with Crippen LogP contribution in [0.15, 0.2) is 42.5 Å². The summed E-state index contributed by atoms with van der Waals surface area (Å²) in [5.74, 6) is -0.472. The Balaban J connectivity index is 0.000000755. The molecule has 2 aliphatic rings. The summed E-state index contributed by atoms with van der Waals surface area (Å²) >= 11 is 0. The molecule has 0 saturated carbocycles. The van der Waals surface area contributed by atoms with E-state index in [2.05, 4.69) is 0 Å². The molecule has 1 amide bonds. The number of aromatic carboxylic acids is 1. The number of carboxylic acid groups (broad SMARTS) is 2. The standard InChI is InChI=1S/C21H21NO4.CH2O2/c23-20(18-6-2-5-17-12-26-13-19(17)18)22-8-7-15(11-22)9-14-3-1-4-16(10-14)21(24)25;2-1-3/h1-6,10,15H,7-9,11-13H2,(H,24,25);1H,(H,2,3). The Labute approximate surface area is 168 Å². The number of carboxylic acids is 1. The van der Waals surface area contributed by atoms with Gasteiger partial charge in [-0.05, 0) is 53.6 Å². The minimum absolute atomic E-state index is 0.0779. The molecule has 2 aromatic carbocycles. The van der Waals surface area contributed by atoms with E-state index in [9.17, 15) is 9.59 Å².